The molecule has 4 aromatic rings. The van der Waals surface area contributed by atoms with Crippen molar-refractivity contribution >= 4 is 40.6 Å². The Balaban J connectivity index is 0.000000821. The van der Waals surface area contributed by atoms with E-state index in [0.717, 1.165) is 22.0 Å². The highest BCUT2D eigenvalue weighted by Crippen LogP contribution is 2.33. The molecular weight excluding hydrogens is 422 g/mol. The molecular formula is C25H19N3O5. The number of carbonyl (C=O) groups is 3. The van der Waals surface area contributed by atoms with Crippen molar-refractivity contribution < 1.29 is 24.2 Å². The second-order valence-electron chi connectivity index (χ2n) is 7.10. The summed E-state index contributed by atoms with van der Waals surface area (Å²) in [6.07, 6.45) is 1.74. The predicted molar refractivity (Wildman–Crippen MR) is 124 cm³/mol. The fourth-order valence-corrected chi connectivity index (χ4v) is 3.46. The second kappa shape index (κ2) is 9.61. The molecule has 5 rings (SSSR count). The van der Waals surface area contributed by atoms with Gasteiger partial charge in [-0.2, -0.15) is 0 Å². The molecule has 8 nitrogen and oxygen atoms in total. The lowest BCUT2D eigenvalue weighted by Crippen LogP contribution is -2.25. The van der Waals surface area contributed by atoms with Crippen molar-refractivity contribution in [2.45, 2.75) is 0 Å². The van der Waals surface area contributed by atoms with Crippen LogP contribution in [0.15, 0.2) is 79.0 Å². The van der Waals surface area contributed by atoms with Crippen LogP contribution < -0.4 is 15.4 Å². The Morgan fingerprint density at radius 2 is 1.85 bits per heavy atom. The second-order valence-corrected chi connectivity index (χ2v) is 7.10. The number of hydrogen-bond acceptors (Lipinski definition) is 5. The number of nitrogens with one attached hydrogen (secondary N) is 2. The van der Waals surface area contributed by atoms with Crippen LogP contribution in [0.3, 0.4) is 0 Å². The van der Waals surface area contributed by atoms with E-state index in [-0.39, 0.29) is 24.9 Å². The number of carboxylic acid groups (broad SMARTS) is 1. The van der Waals surface area contributed by atoms with Gasteiger partial charge in [0.2, 0.25) is 0 Å². The number of benzene rings is 3. The molecule has 3 N–H and O–H groups in total. The highest BCUT2D eigenvalue weighted by Gasteiger charge is 2.16. The Morgan fingerprint density at radius 1 is 1.03 bits per heavy atom. The topological polar surface area (TPSA) is 118 Å². The van der Waals surface area contributed by atoms with Gasteiger partial charge in [0.15, 0.2) is 6.61 Å². The number of nitrogens with zero attached hydrogens (tertiary/aromatic N) is 1. The van der Waals surface area contributed by atoms with Gasteiger partial charge in [-0.15, -0.1) is 0 Å². The SMILES string of the molecule is O=C1COc2ccc(-c3cccc(C(=O)Nc4ccc5ncccc5c4)c3)cc2N1.O=CO. The van der Waals surface area contributed by atoms with Gasteiger partial charge in [0.1, 0.15) is 5.75 Å². The molecule has 2 amide bonds. The highest BCUT2D eigenvalue weighted by atomic mass is 16.5. The summed E-state index contributed by atoms with van der Waals surface area (Å²) in [7, 11) is 0. The van der Waals surface area contributed by atoms with Crippen LogP contribution in [0.25, 0.3) is 22.0 Å². The molecule has 0 aliphatic carbocycles. The zero-order valence-corrected chi connectivity index (χ0v) is 17.3. The van der Waals surface area contributed by atoms with Crippen LogP contribution in [0.5, 0.6) is 5.75 Å². The third-order valence-corrected chi connectivity index (χ3v) is 4.93. The minimum atomic E-state index is -0.250. The van der Waals surface area contributed by atoms with E-state index >= 15 is 0 Å². The number of rotatable bonds is 3. The third-order valence-electron chi connectivity index (χ3n) is 4.93. The Morgan fingerprint density at radius 3 is 2.70 bits per heavy atom. The van der Waals surface area contributed by atoms with Gasteiger partial charge in [-0.05, 0) is 59.7 Å². The van der Waals surface area contributed by atoms with Crippen molar-refractivity contribution in [3.63, 3.8) is 0 Å². The lowest BCUT2D eigenvalue weighted by Gasteiger charge is -2.18. The predicted octanol–water partition coefficient (Wildman–Crippen LogP) is 4.19. The first-order valence-electron chi connectivity index (χ1n) is 9.98. The van der Waals surface area contributed by atoms with E-state index in [1.807, 2.05) is 66.7 Å². The van der Waals surface area contributed by atoms with Gasteiger partial charge in [0.25, 0.3) is 18.3 Å². The van der Waals surface area contributed by atoms with Crippen molar-refractivity contribution in [2.75, 3.05) is 17.2 Å². The highest BCUT2D eigenvalue weighted by molar-refractivity contribution is 6.06. The van der Waals surface area contributed by atoms with E-state index in [2.05, 4.69) is 15.6 Å². The minimum Gasteiger partial charge on any atom is -0.483 e. The van der Waals surface area contributed by atoms with Crippen LogP contribution in [0.4, 0.5) is 11.4 Å². The molecule has 3 aromatic carbocycles. The average Bonchev–Trinajstić information content (AvgIpc) is 2.84. The molecule has 1 aliphatic heterocycles. The lowest BCUT2D eigenvalue weighted by molar-refractivity contribution is -0.123. The first-order valence-corrected chi connectivity index (χ1v) is 9.98. The summed E-state index contributed by atoms with van der Waals surface area (Å²) < 4.78 is 5.40. The van der Waals surface area contributed by atoms with Crippen molar-refractivity contribution in [2.24, 2.45) is 0 Å². The zero-order valence-electron chi connectivity index (χ0n) is 17.3. The van der Waals surface area contributed by atoms with Gasteiger partial charge in [0, 0.05) is 22.8 Å². The number of anilines is 2. The maximum Gasteiger partial charge on any atom is 0.290 e. The first-order chi connectivity index (χ1) is 16.1. The molecule has 0 spiro atoms. The number of hydrogen-bond donors (Lipinski definition) is 3. The molecule has 1 aromatic heterocycles. The van der Waals surface area contributed by atoms with E-state index < -0.39 is 0 Å². The minimum absolute atomic E-state index is 0.0207. The van der Waals surface area contributed by atoms with Gasteiger partial charge in [-0.3, -0.25) is 19.4 Å². The van der Waals surface area contributed by atoms with Crippen LogP contribution in [-0.2, 0) is 9.59 Å². The molecule has 0 unspecified atom stereocenters. The largest absolute Gasteiger partial charge is 0.483 e. The molecule has 0 fully saturated rings. The van der Waals surface area contributed by atoms with Crippen LogP contribution >= 0.6 is 0 Å². The summed E-state index contributed by atoms with van der Waals surface area (Å²) in [6, 6.07) is 22.4. The molecule has 164 valence electrons. The number of pyridine rings is 1. The standard InChI is InChI=1S/C24H17N3O3.CH2O2/c28-23-14-30-22-9-6-16(13-21(22)27-23)15-3-1-4-18(11-15)24(29)26-19-7-8-20-17(12-19)5-2-10-25-20;2-1-3/h1-13H,14H2,(H,26,29)(H,27,28);1H,(H,2,3). The molecule has 0 radical (unpaired) electrons. The molecule has 33 heavy (non-hydrogen) atoms. The Bertz CT molecular complexity index is 1350. The van der Waals surface area contributed by atoms with Crippen LogP contribution in [0.1, 0.15) is 10.4 Å². The number of carbonyl (C=O) groups excluding carboxylic acids is 2. The maximum atomic E-state index is 12.8. The third kappa shape index (κ3) is 4.96. The number of amides is 2. The van der Waals surface area contributed by atoms with E-state index in [1.165, 1.54) is 0 Å². The lowest BCUT2D eigenvalue weighted by atomic mass is 10.0. The van der Waals surface area contributed by atoms with E-state index in [1.54, 1.807) is 12.3 Å². The Labute approximate surface area is 188 Å². The smallest absolute Gasteiger partial charge is 0.290 e. The van der Waals surface area contributed by atoms with Gasteiger partial charge in [0.05, 0.1) is 11.2 Å². The summed E-state index contributed by atoms with van der Waals surface area (Å²) >= 11 is 0. The van der Waals surface area contributed by atoms with Crippen molar-refractivity contribution in [3.05, 3.63) is 84.6 Å². The molecule has 0 bridgehead atoms. The molecule has 0 atom stereocenters. The molecule has 2 heterocycles. The van der Waals surface area contributed by atoms with Crippen LogP contribution in [0.2, 0.25) is 0 Å². The summed E-state index contributed by atoms with van der Waals surface area (Å²) in [5.41, 5.74) is 4.50. The summed E-state index contributed by atoms with van der Waals surface area (Å²) in [6.45, 7) is -0.229. The van der Waals surface area contributed by atoms with Crippen molar-refractivity contribution in [1.82, 2.24) is 4.98 Å². The van der Waals surface area contributed by atoms with E-state index in [9.17, 15) is 9.59 Å². The molecule has 8 heteroatoms. The fourth-order valence-electron chi connectivity index (χ4n) is 3.46. The van der Waals surface area contributed by atoms with E-state index in [0.29, 0.717) is 22.7 Å². The van der Waals surface area contributed by atoms with Crippen molar-refractivity contribution in [3.8, 4) is 16.9 Å². The summed E-state index contributed by atoms with van der Waals surface area (Å²) in [4.78, 5) is 37.0. The average molecular weight is 441 g/mol. The van der Waals surface area contributed by atoms with E-state index in [4.69, 9.17) is 14.6 Å². The number of aromatic nitrogens is 1. The van der Waals surface area contributed by atoms with Gasteiger partial charge in [-0.1, -0.05) is 24.3 Å². The molecule has 0 saturated heterocycles. The van der Waals surface area contributed by atoms with Gasteiger partial charge >= 0.3 is 0 Å². The van der Waals surface area contributed by atoms with Gasteiger partial charge < -0.3 is 20.5 Å². The monoisotopic (exact) mass is 441 g/mol. The van der Waals surface area contributed by atoms with Crippen molar-refractivity contribution in [1.29, 1.82) is 0 Å². The number of fused-ring (bicyclic) bond motifs is 2. The first kappa shape index (κ1) is 21.5. The summed E-state index contributed by atoms with van der Waals surface area (Å²) in [5.74, 6) is 0.256. The quantitative estimate of drug-likeness (QED) is 0.411. The fraction of sp³-hybridized carbons (Fsp3) is 0.0400. The normalized spacial score (nSPS) is 11.8. The molecule has 0 saturated carbocycles. The summed E-state index contributed by atoms with van der Waals surface area (Å²) in [5, 5.41) is 13.6. The van der Waals surface area contributed by atoms with Gasteiger partial charge in [-0.25, -0.2) is 0 Å². The van der Waals surface area contributed by atoms with Crippen LogP contribution in [-0.4, -0.2) is 35.0 Å². The Hall–Kier alpha value is -4.72. The zero-order chi connectivity index (χ0) is 23.2. The van der Waals surface area contributed by atoms with Crippen LogP contribution in [0, 0.1) is 0 Å². The Kier molecular flexibility index (Phi) is 6.26. The maximum absolute atomic E-state index is 12.8. The molecule has 1 aliphatic rings. The number of ether oxygens (including phenoxy) is 1.